The minimum absolute atomic E-state index is 0.146. The summed E-state index contributed by atoms with van der Waals surface area (Å²) in [6, 6.07) is 20.9. The van der Waals surface area contributed by atoms with E-state index in [1.54, 1.807) is 24.5 Å². The topological polar surface area (TPSA) is 66.2 Å². The highest BCUT2D eigenvalue weighted by Crippen LogP contribution is 2.42. The molecule has 1 aliphatic heterocycles. The van der Waals surface area contributed by atoms with Gasteiger partial charge in [-0.1, -0.05) is 6.07 Å². The molecule has 0 unspecified atom stereocenters. The van der Waals surface area contributed by atoms with Gasteiger partial charge in [0.1, 0.15) is 11.8 Å². The third kappa shape index (κ3) is 3.43. The van der Waals surface area contributed by atoms with Gasteiger partial charge in [0.05, 0.1) is 23.6 Å². The average molecular weight is 428 g/mol. The second kappa shape index (κ2) is 7.85. The first kappa shape index (κ1) is 19.3. The fourth-order valence-corrected chi connectivity index (χ4v) is 4.52. The highest BCUT2D eigenvalue weighted by Gasteiger charge is 2.42. The number of aromatic hydroxyl groups is 1. The number of nitrogens with zero attached hydrogens (tertiary/aromatic N) is 4. The van der Waals surface area contributed by atoms with Crippen LogP contribution >= 0.6 is 12.2 Å². The maximum atomic E-state index is 9.79. The molecule has 0 spiro atoms. The molecule has 4 aromatic rings. The van der Waals surface area contributed by atoms with E-state index < -0.39 is 0 Å². The van der Waals surface area contributed by atoms with Crippen molar-refractivity contribution in [3.8, 4) is 11.4 Å². The SMILES string of the molecule is Cc1ccc([C@@H]2[C@H](c3ccccn3)NC(=S)N2c2ccc(O)cc2)n1-c1cccnc1. The summed E-state index contributed by atoms with van der Waals surface area (Å²) in [5.41, 5.74) is 4.97. The zero-order valence-electron chi connectivity index (χ0n) is 16.9. The first-order valence-corrected chi connectivity index (χ1v) is 10.4. The smallest absolute Gasteiger partial charge is 0.174 e. The van der Waals surface area contributed by atoms with Crippen molar-refractivity contribution in [3.63, 3.8) is 0 Å². The van der Waals surface area contributed by atoms with Crippen LogP contribution in [0.5, 0.6) is 5.75 Å². The standard InChI is InChI=1S/C24H21N5OS/c1-16-7-12-21(28(16)18-5-4-13-25-15-18)23-22(20-6-2-3-14-26-20)27-24(31)29(23)17-8-10-19(30)11-9-17/h2-15,22-23,30H,1H3,(H,27,31)/t22-,23+/m0/s1. The summed E-state index contributed by atoms with van der Waals surface area (Å²) in [6.45, 7) is 2.08. The summed E-state index contributed by atoms with van der Waals surface area (Å²) < 4.78 is 2.20. The Hall–Kier alpha value is -3.71. The quantitative estimate of drug-likeness (QED) is 0.469. The van der Waals surface area contributed by atoms with Gasteiger partial charge in [-0.2, -0.15) is 0 Å². The lowest BCUT2D eigenvalue weighted by Gasteiger charge is -2.29. The van der Waals surface area contributed by atoms with Crippen molar-refractivity contribution in [1.82, 2.24) is 19.9 Å². The van der Waals surface area contributed by atoms with Crippen molar-refractivity contribution in [1.29, 1.82) is 0 Å². The monoisotopic (exact) mass is 427 g/mol. The predicted octanol–water partition coefficient (Wildman–Crippen LogP) is 4.46. The Bertz CT molecular complexity index is 1210. The van der Waals surface area contributed by atoms with Gasteiger partial charge < -0.3 is 19.9 Å². The van der Waals surface area contributed by atoms with Gasteiger partial charge in [-0.05, 0) is 79.8 Å². The number of pyridine rings is 2. The zero-order chi connectivity index (χ0) is 21.4. The summed E-state index contributed by atoms with van der Waals surface area (Å²) >= 11 is 5.78. The maximum absolute atomic E-state index is 9.79. The molecule has 4 heterocycles. The third-order valence-corrected chi connectivity index (χ3v) is 5.85. The van der Waals surface area contributed by atoms with Crippen LogP contribution in [0.25, 0.3) is 5.69 Å². The summed E-state index contributed by atoms with van der Waals surface area (Å²) in [5.74, 6) is 0.217. The van der Waals surface area contributed by atoms with E-state index in [0.717, 1.165) is 28.5 Å². The number of thiocarbonyl (C=S) groups is 1. The van der Waals surface area contributed by atoms with Crippen LogP contribution in [-0.4, -0.2) is 24.8 Å². The summed E-state index contributed by atoms with van der Waals surface area (Å²) in [6.07, 6.45) is 5.43. The number of anilines is 1. The Morgan fingerprint density at radius 3 is 2.48 bits per heavy atom. The molecule has 154 valence electrons. The van der Waals surface area contributed by atoms with Crippen LogP contribution in [0.15, 0.2) is 85.3 Å². The largest absolute Gasteiger partial charge is 0.508 e. The lowest BCUT2D eigenvalue weighted by Crippen LogP contribution is -2.30. The summed E-state index contributed by atoms with van der Waals surface area (Å²) in [7, 11) is 0. The third-order valence-electron chi connectivity index (χ3n) is 5.54. The Balaban J connectivity index is 1.70. The van der Waals surface area contributed by atoms with E-state index in [0.29, 0.717) is 5.11 Å². The van der Waals surface area contributed by atoms with Crippen LogP contribution < -0.4 is 10.2 Å². The van der Waals surface area contributed by atoms with Gasteiger partial charge >= 0.3 is 0 Å². The van der Waals surface area contributed by atoms with Gasteiger partial charge in [0.2, 0.25) is 0 Å². The number of aryl methyl sites for hydroxylation is 1. The first-order valence-electron chi connectivity index (χ1n) is 10.0. The number of hydrogen-bond acceptors (Lipinski definition) is 4. The Kier molecular flexibility index (Phi) is 4.88. The number of nitrogens with one attached hydrogen (secondary N) is 1. The molecule has 0 saturated carbocycles. The fraction of sp³-hybridized carbons (Fsp3) is 0.125. The Labute approximate surface area is 185 Å². The Morgan fingerprint density at radius 2 is 1.77 bits per heavy atom. The minimum Gasteiger partial charge on any atom is -0.508 e. The van der Waals surface area contributed by atoms with Gasteiger partial charge in [-0.3, -0.25) is 9.97 Å². The van der Waals surface area contributed by atoms with Crippen molar-refractivity contribution in [2.24, 2.45) is 0 Å². The molecular formula is C24H21N5OS. The van der Waals surface area contributed by atoms with E-state index in [1.807, 2.05) is 48.7 Å². The second-order valence-electron chi connectivity index (χ2n) is 7.46. The van der Waals surface area contributed by atoms with Crippen LogP contribution in [0.3, 0.4) is 0 Å². The van der Waals surface area contributed by atoms with Crippen molar-refractivity contribution >= 4 is 23.0 Å². The van der Waals surface area contributed by atoms with Gasteiger partial charge in [0.25, 0.3) is 0 Å². The number of aromatic nitrogens is 3. The molecule has 2 atom stereocenters. The molecule has 6 nitrogen and oxygen atoms in total. The van der Waals surface area contributed by atoms with Gasteiger partial charge in [-0.15, -0.1) is 0 Å². The summed E-state index contributed by atoms with van der Waals surface area (Å²) in [4.78, 5) is 11.0. The van der Waals surface area contributed by atoms with Crippen molar-refractivity contribution in [2.45, 2.75) is 19.0 Å². The lowest BCUT2D eigenvalue weighted by molar-refractivity contribution is 0.475. The van der Waals surface area contributed by atoms with Crippen molar-refractivity contribution in [2.75, 3.05) is 4.90 Å². The molecule has 1 aromatic carbocycles. The normalized spacial score (nSPS) is 18.2. The predicted molar refractivity (Wildman–Crippen MR) is 124 cm³/mol. The molecule has 1 saturated heterocycles. The highest BCUT2D eigenvalue weighted by atomic mass is 32.1. The van der Waals surface area contributed by atoms with Crippen LogP contribution in [0.4, 0.5) is 5.69 Å². The molecular weight excluding hydrogens is 406 g/mol. The fourth-order valence-electron chi connectivity index (χ4n) is 4.17. The van der Waals surface area contributed by atoms with Crippen LogP contribution in [-0.2, 0) is 0 Å². The molecule has 0 amide bonds. The van der Waals surface area contributed by atoms with E-state index in [4.69, 9.17) is 12.2 Å². The van der Waals surface area contributed by atoms with Gasteiger partial charge in [-0.25, -0.2) is 0 Å². The highest BCUT2D eigenvalue weighted by molar-refractivity contribution is 7.80. The Morgan fingerprint density at radius 1 is 0.935 bits per heavy atom. The van der Waals surface area contributed by atoms with Crippen LogP contribution in [0, 0.1) is 6.92 Å². The van der Waals surface area contributed by atoms with E-state index in [2.05, 4.69) is 43.8 Å². The lowest BCUT2D eigenvalue weighted by atomic mass is 10.0. The van der Waals surface area contributed by atoms with Gasteiger partial charge in [0, 0.05) is 29.5 Å². The van der Waals surface area contributed by atoms with Crippen LogP contribution in [0.2, 0.25) is 0 Å². The van der Waals surface area contributed by atoms with Gasteiger partial charge in [0.15, 0.2) is 5.11 Å². The van der Waals surface area contributed by atoms with E-state index in [-0.39, 0.29) is 17.8 Å². The molecule has 1 fully saturated rings. The molecule has 0 aliphatic carbocycles. The molecule has 31 heavy (non-hydrogen) atoms. The number of benzene rings is 1. The minimum atomic E-state index is -0.152. The molecule has 5 rings (SSSR count). The van der Waals surface area contributed by atoms with Crippen molar-refractivity contribution in [3.05, 3.63) is 102 Å². The molecule has 0 bridgehead atoms. The zero-order valence-corrected chi connectivity index (χ0v) is 17.7. The molecule has 1 aliphatic rings. The maximum Gasteiger partial charge on any atom is 0.174 e. The van der Waals surface area contributed by atoms with E-state index in [1.165, 1.54) is 0 Å². The first-order chi connectivity index (χ1) is 15.1. The summed E-state index contributed by atoms with van der Waals surface area (Å²) in [5, 5.41) is 13.9. The molecule has 2 N–H and O–H groups in total. The average Bonchev–Trinajstić information content (AvgIpc) is 3.35. The van der Waals surface area contributed by atoms with Crippen LogP contribution in [0.1, 0.15) is 29.2 Å². The number of rotatable bonds is 4. The molecule has 3 aromatic heterocycles. The van der Waals surface area contributed by atoms with Crippen molar-refractivity contribution < 1.29 is 5.11 Å². The van der Waals surface area contributed by atoms with E-state index >= 15 is 0 Å². The van der Waals surface area contributed by atoms with E-state index in [9.17, 15) is 5.11 Å². The molecule has 0 radical (unpaired) electrons. The number of hydrogen-bond donors (Lipinski definition) is 2. The molecule has 7 heteroatoms. The number of phenols is 1. The second-order valence-corrected chi connectivity index (χ2v) is 7.85. The number of phenolic OH excluding ortho intramolecular Hbond substituents is 1.